The molecule has 0 saturated carbocycles. The summed E-state index contributed by atoms with van der Waals surface area (Å²) in [4.78, 5) is 48.5. The number of carboxylic acid groups (broad SMARTS) is 1. The molecule has 3 amide bonds. The van der Waals surface area contributed by atoms with Crippen LogP contribution in [-0.2, 0) is 9.59 Å². The van der Waals surface area contributed by atoms with Crippen LogP contribution in [0.1, 0.15) is 33.6 Å². The van der Waals surface area contributed by atoms with Gasteiger partial charge in [0.1, 0.15) is 6.04 Å². The van der Waals surface area contributed by atoms with Crippen LogP contribution in [0.3, 0.4) is 0 Å². The van der Waals surface area contributed by atoms with Crippen LogP contribution in [0.2, 0.25) is 0 Å². The van der Waals surface area contributed by atoms with Crippen LogP contribution < -0.4 is 5.73 Å². The summed E-state index contributed by atoms with van der Waals surface area (Å²) in [5, 5.41) is 10.7. The summed E-state index contributed by atoms with van der Waals surface area (Å²) in [6, 6.07) is 8.86. The van der Waals surface area contributed by atoms with Crippen molar-refractivity contribution in [2.45, 2.75) is 18.9 Å². The third kappa shape index (κ3) is 2.40. The molecule has 0 spiro atoms. The highest BCUT2D eigenvalue weighted by Gasteiger charge is 2.43. The number of amides is 3. The molecule has 122 valence electrons. The molecule has 1 heterocycles. The molecule has 0 radical (unpaired) electrons. The summed E-state index contributed by atoms with van der Waals surface area (Å²) in [7, 11) is 0. The molecule has 7 heteroatoms. The number of aliphatic carboxylic acids is 1. The second-order valence-electron chi connectivity index (χ2n) is 5.55. The summed E-state index contributed by atoms with van der Waals surface area (Å²) in [6.45, 7) is 0. The lowest BCUT2D eigenvalue weighted by molar-refractivity contribution is -0.141. The fraction of sp³-hybridized carbons (Fsp3) is 0.176. The van der Waals surface area contributed by atoms with Crippen molar-refractivity contribution in [3.63, 3.8) is 0 Å². The summed E-state index contributed by atoms with van der Waals surface area (Å²) >= 11 is 0. The average Bonchev–Trinajstić information content (AvgIpc) is 2.80. The molecule has 24 heavy (non-hydrogen) atoms. The maximum absolute atomic E-state index is 12.7. The molecule has 0 aliphatic carbocycles. The lowest BCUT2D eigenvalue weighted by Crippen LogP contribution is -2.45. The largest absolute Gasteiger partial charge is 0.480 e. The van der Waals surface area contributed by atoms with Crippen LogP contribution in [0.4, 0.5) is 0 Å². The second-order valence-corrected chi connectivity index (χ2v) is 5.55. The number of nitrogens with two attached hydrogens (primary N) is 1. The van der Waals surface area contributed by atoms with E-state index >= 15 is 0 Å². The molecular formula is C17H14N2O5. The predicted octanol–water partition coefficient (Wildman–Crippen LogP) is 1.15. The monoisotopic (exact) mass is 326 g/mol. The molecule has 2 aromatic carbocycles. The first-order valence-corrected chi connectivity index (χ1v) is 7.32. The van der Waals surface area contributed by atoms with Gasteiger partial charge in [-0.25, -0.2) is 4.79 Å². The zero-order chi connectivity index (χ0) is 17.4. The van der Waals surface area contributed by atoms with Gasteiger partial charge in [0.25, 0.3) is 11.8 Å². The number of imide groups is 1. The van der Waals surface area contributed by atoms with Crippen molar-refractivity contribution in [3.05, 3.63) is 47.5 Å². The van der Waals surface area contributed by atoms with Crippen molar-refractivity contribution >= 4 is 34.5 Å². The van der Waals surface area contributed by atoms with Crippen molar-refractivity contribution in [2.24, 2.45) is 5.73 Å². The summed E-state index contributed by atoms with van der Waals surface area (Å²) in [6.07, 6.45) is -0.445. The van der Waals surface area contributed by atoms with Gasteiger partial charge in [0.05, 0.1) is 11.1 Å². The summed E-state index contributed by atoms with van der Waals surface area (Å²) in [5.74, 6) is -3.38. The smallest absolute Gasteiger partial charge is 0.326 e. The molecule has 1 atom stereocenters. The van der Waals surface area contributed by atoms with Gasteiger partial charge in [0.15, 0.2) is 0 Å². The van der Waals surface area contributed by atoms with E-state index in [1.807, 2.05) is 0 Å². The van der Waals surface area contributed by atoms with Gasteiger partial charge < -0.3 is 10.8 Å². The molecule has 3 N–H and O–H groups in total. The molecule has 1 unspecified atom stereocenters. The highest BCUT2D eigenvalue weighted by Crippen LogP contribution is 2.32. The first-order valence-electron chi connectivity index (χ1n) is 7.32. The first kappa shape index (κ1) is 15.7. The van der Waals surface area contributed by atoms with Crippen LogP contribution >= 0.6 is 0 Å². The van der Waals surface area contributed by atoms with E-state index < -0.39 is 29.7 Å². The number of carboxylic acids is 1. The number of benzene rings is 2. The Morgan fingerprint density at radius 2 is 1.79 bits per heavy atom. The van der Waals surface area contributed by atoms with E-state index in [-0.39, 0.29) is 24.0 Å². The third-order valence-electron chi connectivity index (χ3n) is 4.07. The Kier molecular flexibility index (Phi) is 3.76. The molecule has 0 saturated heterocycles. The molecule has 0 bridgehead atoms. The molecule has 1 aliphatic heterocycles. The van der Waals surface area contributed by atoms with Crippen molar-refractivity contribution in [2.75, 3.05) is 0 Å². The fourth-order valence-electron chi connectivity index (χ4n) is 2.95. The number of primary amides is 1. The molecule has 2 aromatic rings. The standard InChI is InChI=1S/C17H14N2O5/c18-13(20)8-7-12(17(23)24)19-15(21)11-6-5-9-3-1-2-4-10(9)14(11)16(19)22/h1-6,12H,7-8H2,(H2,18,20)(H,23,24). The maximum Gasteiger partial charge on any atom is 0.326 e. The molecule has 0 fully saturated rings. The van der Waals surface area contributed by atoms with E-state index in [0.717, 1.165) is 5.39 Å². The SMILES string of the molecule is NC(=O)CCC(C(=O)O)N1C(=O)c2ccc3ccccc3c2C1=O. The molecular weight excluding hydrogens is 312 g/mol. The number of fused-ring (bicyclic) bond motifs is 3. The Morgan fingerprint density at radius 1 is 1.08 bits per heavy atom. The highest BCUT2D eigenvalue weighted by atomic mass is 16.4. The van der Waals surface area contributed by atoms with E-state index in [4.69, 9.17) is 5.73 Å². The number of nitrogens with zero attached hydrogens (tertiary/aromatic N) is 1. The molecule has 0 aromatic heterocycles. The number of carbonyl (C=O) groups excluding carboxylic acids is 3. The number of hydrogen-bond acceptors (Lipinski definition) is 4. The topological polar surface area (TPSA) is 118 Å². The van der Waals surface area contributed by atoms with Gasteiger partial charge in [-0.15, -0.1) is 0 Å². The first-order chi connectivity index (χ1) is 11.4. The maximum atomic E-state index is 12.7. The van der Waals surface area contributed by atoms with Gasteiger partial charge in [-0.05, 0) is 23.3 Å². The van der Waals surface area contributed by atoms with E-state index in [0.29, 0.717) is 10.3 Å². The van der Waals surface area contributed by atoms with Crippen LogP contribution in [0.15, 0.2) is 36.4 Å². The van der Waals surface area contributed by atoms with Gasteiger partial charge in [0.2, 0.25) is 5.91 Å². The van der Waals surface area contributed by atoms with Gasteiger partial charge >= 0.3 is 5.97 Å². The summed E-state index contributed by atoms with van der Waals surface area (Å²) < 4.78 is 0. The van der Waals surface area contributed by atoms with E-state index in [2.05, 4.69) is 0 Å². The van der Waals surface area contributed by atoms with Crippen LogP contribution in [0, 0.1) is 0 Å². The van der Waals surface area contributed by atoms with E-state index in [1.54, 1.807) is 30.3 Å². The number of rotatable bonds is 5. The normalized spacial score (nSPS) is 14.8. The minimum Gasteiger partial charge on any atom is -0.480 e. The van der Waals surface area contributed by atoms with Crippen molar-refractivity contribution < 1.29 is 24.3 Å². The predicted molar refractivity (Wildman–Crippen MR) is 84.3 cm³/mol. The van der Waals surface area contributed by atoms with Crippen molar-refractivity contribution in [1.29, 1.82) is 0 Å². The van der Waals surface area contributed by atoms with Gasteiger partial charge in [0, 0.05) is 6.42 Å². The Bertz CT molecular complexity index is 890. The quantitative estimate of drug-likeness (QED) is 0.799. The second kappa shape index (κ2) is 5.77. The highest BCUT2D eigenvalue weighted by molar-refractivity contribution is 6.27. The zero-order valence-electron chi connectivity index (χ0n) is 12.6. The lowest BCUT2D eigenvalue weighted by atomic mass is 10.0. The van der Waals surface area contributed by atoms with Gasteiger partial charge in [-0.2, -0.15) is 0 Å². The number of carbonyl (C=O) groups is 4. The van der Waals surface area contributed by atoms with E-state index in [1.165, 1.54) is 6.07 Å². The molecule has 1 aliphatic rings. The number of hydrogen-bond donors (Lipinski definition) is 2. The van der Waals surface area contributed by atoms with Gasteiger partial charge in [-0.3, -0.25) is 19.3 Å². The van der Waals surface area contributed by atoms with Gasteiger partial charge in [-0.1, -0.05) is 30.3 Å². The Labute approximate surface area is 136 Å². The summed E-state index contributed by atoms with van der Waals surface area (Å²) in [5.41, 5.74) is 5.42. The van der Waals surface area contributed by atoms with Crippen molar-refractivity contribution in [3.8, 4) is 0 Å². The lowest BCUT2D eigenvalue weighted by Gasteiger charge is -2.21. The minimum absolute atomic E-state index is 0.170. The van der Waals surface area contributed by atoms with Crippen LogP contribution in [0.5, 0.6) is 0 Å². The molecule has 3 rings (SSSR count). The molecule has 7 nitrogen and oxygen atoms in total. The third-order valence-corrected chi connectivity index (χ3v) is 4.07. The van der Waals surface area contributed by atoms with Crippen LogP contribution in [0.25, 0.3) is 10.8 Å². The Hall–Kier alpha value is -3.22. The average molecular weight is 326 g/mol. The van der Waals surface area contributed by atoms with Crippen molar-refractivity contribution in [1.82, 2.24) is 4.90 Å². The Morgan fingerprint density at radius 3 is 2.46 bits per heavy atom. The van der Waals surface area contributed by atoms with Crippen LogP contribution in [-0.4, -0.2) is 39.7 Å². The minimum atomic E-state index is -1.43. The van der Waals surface area contributed by atoms with E-state index in [9.17, 15) is 24.3 Å². The fourth-order valence-corrected chi connectivity index (χ4v) is 2.95. The zero-order valence-corrected chi connectivity index (χ0v) is 12.6. The Balaban J connectivity index is 2.07.